The fourth-order valence-electron chi connectivity index (χ4n) is 0.423. The number of Topliss-reactive ketones (excluding diaryl/α,β-unsaturated/α-hetero) is 5. The fraction of sp³-hybridized carbons (Fsp3) is 0.286. The van der Waals surface area contributed by atoms with Crippen LogP contribution in [-0.4, -0.2) is 28.9 Å². The standard InChI is InChI=1S/C7H6O5/c1-3(8)5(10)7(12)6(11)4(2)9/h1-2H3. The third-order valence-electron chi connectivity index (χ3n) is 1.05. The molecule has 0 saturated heterocycles. The summed E-state index contributed by atoms with van der Waals surface area (Å²) in [6.07, 6.45) is 0. The highest BCUT2D eigenvalue weighted by Crippen LogP contribution is 1.84. The fourth-order valence-corrected chi connectivity index (χ4v) is 0.423. The molecule has 0 rings (SSSR count). The average Bonchev–Trinajstić information content (AvgIpc) is 2.00. The van der Waals surface area contributed by atoms with Crippen molar-refractivity contribution in [1.29, 1.82) is 0 Å². The molecule has 0 fully saturated rings. The summed E-state index contributed by atoms with van der Waals surface area (Å²) in [6.45, 7) is 1.71. The molecule has 0 bridgehead atoms. The van der Waals surface area contributed by atoms with Crippen molar-refractivity contribution in [3.63, 3.8) is 0 Å². The number of carbonyl (C=O) groups excluding carboxylic acids is 5. The zero-order valence-corrected chi connectivity index (χ0v) is 6.54. The van der Waals surface area contributed by atoms with Gasteiger partial charge in [0.2, 0.25) is 11.6 Å². The summed E-state index contributed by atoms with van der Waals surface area (Å²) in [5.74, 6) is -6.55. The monoisotopic (exact) mass is 170 g/mol. The van der Waals surface area contributed by atoms with Crippen LogP contribution in [0.1, 0.15) is 13.8 Å². The van der Waals surface area contributed by atoms with Crippen LogP contribution in [0.4, 0.5) is 0 Å². The summed E-state index contributed by atoms with van der Waals surface area (Å²) in [5, 5.41) is 0. The van der Waals surface area contributed by atoms with E-state index in [1.54, 1.807) is 0 Å². The van der Waals surface area contributed by atoms with Crippen molar-refractivity contribution < 1.29 is 24.0 Å². The van der Waals surface area contributed by atoms with Gasteiger partial charge in [0, 0.05) is 13.8 Å². The Balaban J connectivity index is 4.63. The van der Waals surface area contributed by atoms with Gasteiger partial charge >= 0.3 is 0 Å². The number of rotatable bonds is 4. The molecule has 0 heterocycles. The van der Waals surface area contributed by atoms with E-state index >= 15 is 0 Å². The van der Waals surface area contributed by atoms with Crippen LogP contribution in [0.2, 0.25) is 0 Å². The number of hydrogen-bond donors (Lipinski definition) is 0. The van der Waals surface area contributed by atoms with Gasteiger partial charge in [0.05, 0.1) is 0 Å². The van der Waals surface area contributed by atoms with E-state index in [9.17, 15) is 24.0 Å². The Hall–Kier alpha value is -1.65. The van der Waals surface area contributed by atoms with E-state index < -0.39 is 28.9 Å². The maximum Gasteiger partial charge on any atom is 0.280 e. The molecule has 0 spiro atoms. The maximum absolute atomic E-state index is 10.6. The van der Waals surface area contributed by atoms with Gasteiger partial charge in [-0.25, -0.2) is 0 Å². The molecular weight excluding hydrogens is 164 g/mol. The summed E-state index contributed by atoms with van der Waals surface area (Å²) in [7, 11) is 0. The van der Waals surface area contributed by atoms with E-state index in [-0.39, 0.29) is 0 Å². The van der Waals surface area contributed by atoms with Gasteiger partial charge in [0.25, 0.3) is 17.3 Å². The van der Waals surface area contributed by atoms with Crippen LogP contribution in [0, 0.1) is 0 Å². The van der Waals surface area contributed by atoms with Gasteiger partial charge in [-0.05, 0) is 0 Å². The van der Waals surface area contributed by atoms with Crippen molar-refractivity contribution in [2.75, 3.05) is 0 Å². The molecule has 12 heavy (non-hydrogen) atoms. The van der Waals surface area contributed by atoms with Crippen molar-refractivity contribution >= 4 is 28.9 Å². The van der Waals surface area contributed by atoms with E-state index in [0.29, 0.717) is 0 Å². The van der Waals surface area contributed by atoms with Crippen LogP contribution in [0.15, 0.2) is 0 Å². The summed E-state index contributed by atoms with van der Waals surface area (Å²) in [6, 6.07) is 0. The van der Waals surface area contributed by atoms with Crippen molar-refractivity contribution in [2.45, 2.75) is 13.8 Å². The van der Waals surface area contributed by atoms with E-state index in [2.05, 4.69) is 0 Å². The van der Waals surface area contributed by atoms with E-state index in [0.717, 1.165) is 13.8 Å². The van der Waals surface area contributed by atoms with Crippen LogP contribution in [0.25, 0.3) is 0 Å². The first-order valence-electron chi connectivity index (χ1n) is 3.02. The smallest absolute Gasteiger partial charge is 0.280 e. The first kappa shape index (κ1) is 10.3. The van der Waals surface area contributed by atoms with Crippen LogP contribution in [0.3, 0.4) is 0 Å². The average molecular weight is 170 g/mol. The Morgan fingerprint density at radius 1 is 0.583 bits per heavy atom. The molecule has 0 aromatic heterocycles. The largest absolute Gasteiger partial charge is 0.291 e. The SMILES string of the molecule is CC(=O)C(=O)C(=O)C(=O)C(C)=O. The van der Waals surface area contributed by atoms with Gasteiger partial charge in [-0.15, -0.1) is 0 Å². The lowest BCUT2D eigenvalue weighted by molar-refractivity contribution is -0.150. The van der Waals surface area contributed by atoms with Crippen molar-refractivity contribution in [3.05, 3.63) is 0 Å². The van der Waals surface area contributed by atoms with Crippen molar-refractivity contribution in [2.24, 2.45) is 0 Å². The third kappa shape index (κ3) is 2.19. The maximum atomic E-state index is 10.6. The molecule has 64 valence electrons. The first-order chi connectivity index (χ1) is 5.37. The number of hydrogen-bond acceptors (Lipinski definition) is 5. The Morgan fingerprint density at radius 3 is 1.00 bits per heavy atom. The van der Waals surface area contributed by atoms with E-state index in [1.807, 2.05) is 0 Å². The molecule has 0 aliphatic carbocycles. The molecule has 0 aliphatic heterocycles. The van der Waals surface area contributed by atoms with Gasteiger partial charge in [-0.3, -0.25) is 24.0 Å². The molecule has 0 aliphatic rings. The lowest BCUT2D eigenvalue weighted by Crippen LogP contribution is -2.32. The molecule has 5 nitrogen and oxygen atoms in total. The minimum atomic E-state index is -1.56. The van der Waals surface area contributed by atoms with E-state index in [1.165, 1.54) is 0 Å². The van der Waals surface area contributed by atoms with Gasteiger partial charge in [0.15, 0.2) is 0 Å². The Labute approximate surface area is 67.7 Å². The highest BCUT2D eigenvalue weighted by atomic mass is 16.2. The van der Waals surface area contributed by atoms with Gasteiger partial charge in [0.1, 0.15) is 0 Å². The molecule has 0 N–H and O–H groups in total. The Bertz CT molecular complexity index is 258. The molecule has 0 aromatic carbocycles. The van der Waals surface area contributed by atoms with Gasteiger partial charge in [-0.2, -0.15) is 0 Å². The zero-order chi connectivity index (χ0) is 9.89. The second-order valence-corrected chi connectivity index (χ2v) is 2.10. The van der Waals surface area contributed by atoms with Crippen LogP contribution < -0.4 is 0 Å². The lowest BCUT2D eigenvalue weighted by Gasteiger charge is -1.90. The summed E-state index contributed by atoms with van der Waals surface area (Å²) < 4.78 is 0. The minimum absolute atomic E-state index is 0.855. The van der Waals surface area contributed by atoms with Crippen molar-refractivity contribution in [3.8, 4) is 0 Å². The van der Waals surface area contributed by atoms with Gasteiger partial charge < -0.3 is 0 Å². The summed E-state index contributed by atoms with van der Waals surface area (Å²) in [4.78, 5) is 52.2. The second-order valence-electron chi connectivity index (χ2n) is 2.10. The lowest BCUT2D eigenvalue weighted by atomic mass is 10.1. The van der Waals surface area contributed by atoms with Crippen LogP contribution >= 0.6 is 0 Å². The van der Waals surface area contributed by atoms with Crippen LogP contribution in [0.5, 0.6) is 0 Å². The first-order valence-corrected chi connectivity index (χ1v) is 3.02. The molecule has 0 aromatic rings. The van der Waals surface area contributed by atoms with Gasteiger partial charge in [-0.1, -0.05) is 0 Å². The van der Waals surface area contributed by atoms with Crippen molar-refractivity contribution in [1.82, 2.24) is 0 Å². The van der Waals surface area contributed by atoms with Crippen LogP contribution in [-0.2, 0) is 24.0 Å². The minimum Gasteiger partial charge on any atom is -0.291 e. The zero-order valence-electron chi connectivity index (χ0n) is 6.54. The normalized spacial score (nSPS) is 8.83. The molecule has 0 atom stereocenters. The molecule has 5 heteroatoms. The van der Waals surface area contributed by atoms with E-state index in [4.69, 9.17) is 0 Å². The Kier molecular flexibility index (Phi) is 3.15. The highest BCUT2D eigenvalue weighted by molar-refractivity contribution is 6.86. The second kappa shape index (κ2) is 3.66. The number of carbonyl (C=O) groups is 5. The third-order valence-corrected chi connectivity index (χ3v) is 1.05. The predicted molar refractivity (Wildman–Crippen MR) is 36.4 cm³/mol. The molecule has 0 amide bonds. The number of ketones is 5. The topological polar surface area (TPSA) is 85.3 Å². The quantitative estimate of drug-likeness (QED) is 0.393. The molecule has 0 unspecified atom stereocenters. The Morgan fingerprint density at radius 2 is 0.833 bits per heavy atom. The summed E-state index contributed by atoms with van der Waals surface area (Å²) in [5.41, 5.74) is 0. The summed E-state index contributed by atoms with van der Waals surface area (Å²) >= 11 is 0. The molecular formula is C7H6O5. The molecule has 0 radical (unpaired) electrons. The highest BCUT2D eigenvalue weighted by Gasteiger charge is 2.28. The predicted octanol–water partition coefficient (Wildman–Crippen LogP) is -1.13. The molecule has 0 saturated carbocycles.